The fourth-order valence-electron chi connectivity index (χ4n) is 5.57. The van der Waals surface area contributed by atoms with Gasteiger partial charge in [-0.25, -0.2) is 22.5 Å². The van der Waals surface area contributed by atoms with E-state index >= 15 is 13.2 Å². The van der Waals surface area contributed by atoms with Crippen molar-refractivity contribution < 1.29 is 27.1 Å². The predicted molar refractivity (Wildman–Crippen MR) is 134 cm³/mol. The fraction of sp³-hybridized carbons (Fsp3) is 0.414. The number of alkyl halides is 1. The van der Waals surface area contributed by atoms with Crippen molar-refractivity contribution in [1.29, 1.82) is 0 Å². The van der Waals surface area contributed by atoms with Gasteiger partial charge in [-0.15, -0.1) is 0 Å². The number of benzene rings is 1. The van der Waals surface area contributed by atoms with Crippen LogP contribution in [0.2, 0.25) is 0 Å². The number of carbonyl (C=O) groups is 1. The van der Waals surface area contributed by atoms with Crippen LogP contribution in [0.15, 0.2) is 42.7 Å². The zero-order valence-corrected chi connectivity index (χ0v) is 20.9. The highest BCUT2D eigenvalue weighted by Crippen LogP contribution is 2.39. The first-order valence-corrected chi connectivity index (χ1v) is 12.9. The van der Waals surface area contributed by atoms with Gasteiger partial charge in [0.2, 0.25) is 0 Å². The molecule has 200 valence electrons. The van der Waals surface area contributed by atoms with Crippen molar-refractivity contribution in [2.75, 3.05) is 13.2 Å². The predicted octanol–water partition coefficient (Wildman–Crippen LogP) is 5.95. The number of aromatic nitrogens is 2. The summed E-state index contributed by atoms with van der Waals surface area (Å²) in [5.41, 5.74) is 4.25. The number of carbonyl (C=O) groups excluding carboxylic acids is 1. The molecule has 0 spiro atoms. The molecule has 2 aromatic heterocycles. The van der Waals surface area contributed by atoms with Crippen LogP contribution in [-0.2, 0) is 16.8 Å². The number of nitrogens with zero attached hydrogens (tertiary/aromatic N) is 2. The second-order valence-corrected chi connectivity index (χ2v) is 10.2. The molecular weight excluding hydrogens is 498 g/mol. The Bertz CT molecular complexity index is 1320. The number of nitrogens with two attached hydrogens (primary N) is 1. The van der Waals surface area contributed by atoms with E-state index in [0.29, 0.717) is 0 Å². The molecule has 2 N–H and O–H groups in total. The average Bonchev–Trinajstić information content (AvgIpc) is 2.90. The van der Waals surface area contributed by atoms with Crippen molar-refractivity contribution in [3.05, 3.63) is 82.6 Å². The molecule has 5 nitrogen and oxygen atoms in total. The van der Waals surface area contributed by atoms with Gasteiger partial charge >= 0.3 is 0 Å². The molecule has 1 aliphatic carbocycles. The Balaban J connectivity index is 1.43. The summed E-state index contributed by atoms with van der Waals surface area (Å²) in [4.78, 5) is 21.4. The third-order valence-electron chi connectivity index (χ3n) is 7.66. The van der Waals surface area contributed by atoms with Gasteiger partial charge in [0.1, 0.15) is 34.5 Å². The summed E-state index contributed by atoms with van der Waals surface area (Å²) < 4.78 is 65.4. The van der Waals surface area contributed by atoms with Crippen molar-refractivity contribution in [3.63, 3.8) is 0 Å². The third kappa shape index (κ3) is 5.35. The molecule has 0 bridgehead atoms. The Morgan fingerprint density at radius 2 is 1.79 bits per heavy atom. The molecule has 0 amide bonds. The highest BCUT2D eigenvalue weighted by Gasteiger charge is 2.36. The fourth-order valence-corrected chi connectivity index (χ4v) is 5.57. The minimum Gasteiger partial charge on any atom is -0.381 e. The molecular formula is C29H29F4N3O2. The van der Waals surface area contributed by atoms with Gasteiger partial charge in [0.25, 0.3) is 0 Å². The molecule has 2 fully saturated rings. The molecule has 5 rings (SSSR count). The maximum atomic E-state index is 15.3. The molecule has 1 saturated heterocycles. The molecule has 3 aromatic rings. The number of hydrogen-bond acceptors (Lipinski definition) is 5. The molecule has 2 atom stereocenters. The Kier molecular flexibility index (Phi) is 7.59. The standard InChI is InChI=1S/C29H29F4N3O2/c30-22-4-5-25(26(37)13-18-16-35-9-6-21(18)17-2-1-3-20(34)12-17)36-28(22)27-23(31)14-19(15-24(27)32)29(33)7-10-38-11-8-29/h4-6,9,14-17,20H,1-3,7-8,10-13,34H2/t17-,20+/m1/s1. The van der Waals surface area contributed by atoms with Crippen LogP contribution in [0.25, 0.3) is 11.3 Å². The summed E-state index contributed by atoms with van der Waals surface area (Å²) in [6.45, 7) is 0.266. The van der Waals surface area contributed by atoms with Gasteiger partial charge < -0.3 is 10.5 Å². The maximum absolute atomic E-state index is 15.3. The first-order chi connectivity index (χ1) is 18.2. The summed E-state index contributed by atoms with van der Waals surface area (Å²) in [5.74, 6) is -3.53. The van der Waals surface area contributed by atoms with Crippen LogP contribution in [-0.4, -0.2) is 35.0 Å². The molecule has 1 aliphatic heterocycles. The molecule has 0 unspecified atom stereocenters. The lowest BCUT2D eigenvalue weighted by Gasteiger charge is -2.30. The smallest absolute Gasteiger partial charge is 0.185 e. The van der Waals surface area contributed by atoms with Crippen LogP contribution in [0.5, 0.6) is 0 Å². The van der Waals surface area contributed by atoms with Crippen molar-refractivity contribution in [3.8, 4) is 11.3 Å². The van der Waals surface area contributed by atoms with Gasteiger partial charge in [-0.3, -0.25) is 9.78 Å². The minimum absolute atomic E-state index is 0.0368. The number of Topliss-reactive ketones (excluding diaryl/α,β-unsaturated/α-hetero) is 1. The molecule has 1 saturated carbocycles. The zero-order chi connectivity index (χ0) is 26.9. The van der Waals surface area contributed by atoms with E-state index in [1.807, 2.05) is 6.07 Å². The molecule has 0 radical (unpaired) electrons. The molecule has 2 aliphatic rings. The second kappa shape index (κ2) is 10.9. The zero-order valence-electron chi connectivity index (χ0n) is 20.9. The van der Waals surface area contributed by atoms with Crippen molar-refractivity contribution in [2.24, 2.45) is 5.73 Å². The quantitative estimate of drug-likeness (QED) is 0.317. The van der Waals surface area contributed by atoms with Crippen LogP contribution in [0.4, 0.5) is 17.6 Å². The highest BCUT2D eigenvalue weighted by molar-refractivity contribution is 5.96. The first kappa shape index (κ1) is 26.4. The first-order valence-electron chi connectivity index (χ1n) is 12.9. The normalized spacial score (nSPS) is 21.3. The van der Waals surface area contributed by atoms with Crippen LogP contribution in [0.1, 0.15) is 71.6 Å². The van der Waals surface area contributed by atoms with Gasteiger partial charge in [-0.1, -0.05) is 6.42 Å². The van der Waals surface area contributed by atoms with E-state index in [1.165, 1.54) is 6.07 Å². The van der Waals surface area contributed by atoms with E-state index < -0.39 is 40.2 Å². The largest absolute Gasteiger partial charge is 0.381 e. The Morgan fingerprint density at radius 3 is 2.50 bits per heavy atom. The van der Waals surface area contributed by atoms with E-state index in [1.54, 1.807) is 12.4 Å². The summed E-state index contributed by atoms with van der Waals surface area (Å²) in [6, 6.07) is 5.88. The van der Waals surface area contributed by atoms with Crippen LogP contribution in [0, 0.1) is 17.5 Å². The topological polar surface area (TPSA) is 78.1 Å². The lowest BCUT2D eigenvalue weighted by atomic mass is 9.80. The van der Waals surface area contributed by atoms with Crippen molar-refractivity contribution in [1.82, 2.24) is 9.97 Å². The third-order valence-corrected chi connectivity index (χ3v) is 7.66. The second-order valence-electron chi connectivity index (χ2n) is 10.2. The van der Waals surface area contributed by atoms with E-state index in [9.17, 15) is 9.18 Å². The van der Waals surface area contributed by atoms with Crippen LogP contribution >= 0.6 is 0 Å². The summed E-state index contributed by atoms with van der Waals surface area (Å²) in [5, 5.41) is 0. The minimum atomic E-state index is -1.94. The number of ether oxygens (including phenoxy) is 1. The average molecular weight is 528 g/mol. The van der Waals surface area contributed by atoms with Gasteiger partial charge in [-0.2, -0.15) is 0 Å². The van der Waals surface area contributed by atoms with Gasteiger partial charge in [0, 0.05) is 50.9 Å². The Hall–Kier alpha value is -3.17. The Morgan fingerprint density at radius 1 is 1.05 bits per heavy atom. The summed E-state index contributed by atoms with van der Waals surface area (Å²) >= 11 is 0. The Labute approximate surface area is 218 Å². The highest BCUT2D eigenvalue weighted by atomic mass is 19.1. The van der Waals surface area contributed by atoms with Crippen LogP contribution < -0.4 is 5.73 Å². The van der Waals surface area contributed by atoms with E-state index in [-0.39, 0.29) is 55.7 Å². The van der Waals surface area contributed by atoms with Gasteiger partial charge in [0.05, 0.1) is 5.56 Å². The summed E-state index contributed by atoms with van der Waals surface area (Å²) in [6.07, 6.45) is 6.91. The molecule has 3 heterocycles. The number of halogens is 4. The number of hydrogen-bond donors (Lipinski definition) is 1. The number of ketones is 1. The van der Waals surface area contributed by atoms with E-state index in [2.05, 4.69) is 9.97 Å². The molecule has 38 heavy (non-hydrogen) atoms. The summed E-state index contributed by atoms with van der Waals surface area (Å²) in [7, 11) is 0. The monoisotopic (exact) mass is 527 g/mol. The van der Waals surface area contributed by atoms with Crippen LogP contribution in [0.3, 0.4) is 0 Å². The van der Waals surface area contributed by atoms with Gasteiger partial charge in [-0.05, 0) is 72.2 Å². The SMILES string of the molecule is N[C@H]1CCC[C@@H](c2ccncc2CC(=O)c2ccc(F)c(-c3c(F)cc(C4(F)CCOCC4)cc3F)n2)C1. The van der Waals surface area contributed by atoms with Crippen molar-refractivity contribution in [2.45, 2.75) is 62.6 Å². The number of rotatable bonds is 6. The maximum Gasteiger partial charge on any atom is 0.185 e. The molecule has 1 aromatic carbocycles. The van der Waals surface area contributed by atoms with E-state index in [4.69, 9.17) is 10.5 Å². The van der Waals surface area contributed by atoms with E-state index in [0.717, 1.165) is 55.0 Å². The lowest BCUT2D eigenvalue weighted by molar-refractivity contribution is -0.0117. The van der Waals surface area contributed by atoms with Crippen molar-refractivity contribution >= 4 is 5.78 Å². The van der Waals surface area contributed by atoms with Gasteiger partial charge in [0.15, 0.2) is 5.78 Å². The number of pyridine rings is 2. The lowest BCUT2D eigenvalue weighted by Crippen LogP contribution is -2.29. The molecule has 9 heteroatoms.